The van der Waals surface area contributed by atoms with Crippen LogP contribution in [0.4, 0.5) is 4.79 Å². The Morgan fingerprint density at radius 2 is 2.09 bits per heavy atom. The number of carbonyl (C=O) groups is 1. The fourth-order valence-corrected chi connectivity index (χ4v) is 2.65. The van der Waals surface area contributed by atoms with Gasteiger partial charge in [0.1, 0.15) is 18.5 Å². The highest BCUT2D eigenvalue weighted by atomic mass is 16.8. The molecule has 0 aliphatic carbocycles. The van der Waals surface area contributed by atoms with E-state index in [1.807, 2.05) is 24.3 Å². The Morgan fingerprint density at radius 1 is 1.36 bits per heavy atom. The van der Waals surface area contributed by atoms with Crippen LogP contribution >= 0.6 is 0 Å². The van der Waals surface area contributed by atoms with E-state index < -0.39 is 12.3 Å². The van der Waals surface area contributed by atoms with Crippen molar-refractivity contribution in [1.82, 2.24) is 5.06 Å². The SMILES string of the molecule is O=C(O)ON1CCC(c2ccc(OCC3CO3)cc2)C(O)C1. The number of piperidine rings is 1. The van der Waals surface area contributed by atoms with Crippen LogP contribution < -0.4 is 4.74 Å². The Morgan fingerprint density at radius 3 is 2.68 bits per heavy atom. The molecule has 2 saturated heterocycles. The molecule has 0 saturated carbocycles. The van der Waals surface area contributed by atoms with Crippen LogP contribution in [0, 0.1) is 0 Å². The van der Waals surface area contributed by atoms with Gasteiger partial charge in [-0.15, -0.1) is 5.06 Å². The van der Waals surface area contributed by atoms with Crippen molar-refractivity contribution < 1.29 is 29.3 Å². The first-order valence-corrected chi connectivity index (χ1v) is 7.30. The third-order valence-corrected chi connectivity index (χ3v) is 3.90. The first-order chi connectivity index (χ1) is 10.6. The fourth-order valence-electron chi connectivity index (χ4n) is 2.65. The largest absolute Gasteiger partial charge is 0.525 e. The summed E-state index contributed by atoms with van der Waals surface area (Å²) in [5, 5.41) is 20.1. The van der Waals surface area contributed by atoms with Gasteiger partial charge < -0.3 is 24.5 Å². The molecule has 120 valence electrons. The van der Waals surface area contributed by atoms with Crippen LogP contribution in [0.5, 0.6) is 5.75 Å². The monoisotopic (exact) mass is 309 g/mol. The van der Waals surface area contributed by atoms with Crippen molar-refractivity contribution in [3.05, 3.63) is 29.8 Å². The number of benzene rings is 1. The molecule has 7 heteroatoms. The Labute approximate surface area is 128 Å². The fraction of sp³-hybridized carbons (Fsp3) is 0.533. The molecule has 3 atom stereocenters. The lowest BCUT2D eigenvalue weighted by Gasteiger charge is -2.34. The van der Waals surface area contributed by atoms with E-state index in [9.17, 15) is 9.90 Å². The van der Waals surface area contributed by atoms with Crippen molar-refractivity contribution in [3.63, 3.8) is 0 Å². The zero-order chi connectivity index (χ0) is 15.5. The number of aliphatic hydroxyl groups is 1. The van der Waals surface area contributed by atoms with Crippen molar-refractivity contribution in [2.45, 2.75) is 24.5 Å². The summed E-state index contributed by atoms with van der Waals surface area (Å²) in [4.78, 5) is 15.1. The van der Waals surface area contributed by atoms with Gasteiger partial charge in [-0.05, 0) is 24.1 Å². The van der Waals surface area contributed by atoms with Gasteiger partial charge in [0.05, 0.1) is 19.3 Å². The van der Waals surface area contributed by atoms with Crippen LogP contribution in [0.2, 0.25) is 0 Å². The highest BCUT2D eigenvalue weighted by Gasteiger charge is 2.31. The minimum absolute atomic E-state index is 0.0329. The predicted molar refractivity (Wildman–Crippen MR) is 75.7 cm³/mol. The summed E-state index contributed by atoms with van der Waals surface area (Å²) >= 11 is 0. The van der Waals surface area contributed by atoms with E-state index in [2.05, 4.69) is 4.84 Å². The van der Waals surface area contributed by atoms with E-state index in [1.165, 1.54) is 5.06 Å². The van der Waals surface area contributed by atoms with E-state index >= 15 is 0 Å². The third kappa shape index (κ3) is 3.88. The summed E-state index contributed by atoms with van der Waals surface area (Å²) in [6.45, 7) is 1.97. The Hall–Kier alpha value is -1.83. The molecule has 2 fully saturated rings. The summed E-state index contributed by atoms with van der Waals surface area (Å²) in [5.74, 6) is 0.745. The van der Waals surface area contributed by atoms with Crippen molar-refractivity contribution in [3.8, 4) is 5.75 Å². The standard InChI is InChI=1S/C15H19NO6/c17-14-7-16(22-15(18)19)6-5-13(14)10-1-3-11(4-2-10)20-8-12-9-21-12/h1-4,12-14,17H,5-9H2,(H,18,19). The molecule has 0 aromatic heterocycles. The molecule has 22 heavy (non-hydrogen) atoms. The lowest BCUT2D eigenvalue weighted by Crippen LogP contribution is -2.43. The van der Waals surface area contributed by atoms with Gasteiger partial charge in [0, 0.05) is 12.5 Å². The number of β-amino-alcohol motifs (C(OH)–C–C–N with tert-alkyl or cyclic N) is 1. The molecule has 3 unspecified atom stereocenters. The third-order valence-electron chi connectivity index (χ3n) is 3.90. The number of epoxide rings is 1. The summed E-state index contributed by atoms with van der Waals surface area (Å²) < 4.78 is 10.7. The number of ether oxygens (including phenoxy) is 2. The number of hydrogen-bond donors (Lipinski definition) is 2. The number of hydroxylamine groups is 2. The van der Waals surface area contributed by atoms with Gasteiger partial charge in [-0.25, -0.2) is 4.79 Å². The van der Waals surface area contributed by atoms with Gasteiger partial charge >= 0.3 is 6.16 Å². The highest BCUT2D eigenvalue weighted by molar-refractivity contribution is 5.56. The molecule has 0 bridgehead atoms. The van der Waals surface area contributed by atoms with Crippen LogP contribution in [0.3, 0.4) is 0 Å². The van der Waals surface area contributed by atoms with Crippen LogP contribution in [0.1, 0.15) is 17.9 Å². The molecule has 2 heterocycles. The summed E-state index contributed by atoms with van der Waals surface area (Å²) in [6.07, 6.45) is -1.17. The smallest absolute Gasteiger partial charge is 0.491 e. The lowest BCUT2D eigenvalue weighted by molar-refractivity contribution is -0.154. The van der Waals surface area contributed by atoms with E-state index in [0.717, 1.165) is 17.9 Å². The second-order valence-electron chi connectivity index (χ2n) is 5.54. The van der Waals surface area contributed by atoms with Gasteiger partial charge in [0.15, 0.2) is 0 Å². The second-order valence-corrected chi connectivity index (χ2v) is 5.54. The quantitative estimate of drug-likeness (QED) is 0.790. The molecule has 2 aliphatic heterocycles. The van der Waals surface area contributed by atoms with E-state index in [-0.39, 0.29) is 18.6 Å². The summed E-state index contributed by atoms with van der Waals surface area (Å²) in [6, 6.07) is 7.63. The topological polar surface area (TPSA) is 91.8 Å². The van der Waals surface area contributed by atoms with Gasteiger partial charge in [0.2, 0.25) is 0 Å². The second kappa shape index (κ2) is 6.51. The molecule has 2 N–H and O–H groups in total. The number of carboxylic acid groups (broad SMARTS) is 1. The molecule has 1 aromatic rings. The van der Waals surface area contributed by atoms with Gasteiger partial charge in [0.25, 0.3) is 0 Å². The summed E-state index contributed by atoms with van der Waals surface area (Å²) in [5.41, 5.74) is 1.01. The van der Waals surface area contributed by atoms with E-state index in [1.54, 1.807) is 0 Å². The molecule has 7 nitrogen and oxygen atoms in total. The molecule has 0 spiro atoms. The normalized spacial score (nSPS) is 28.1. The molecule has 0 amide bonds. The zero-order valence-corrected chi connectivity index (χ0v) is 12.1. The minimum atomic E-state index is -1.35. The zero-order valence-electron chi connectivity index (χ0n) is 12.1. The molecular weight excluding hydrogens is 290 g/mol. The van der Waals surface area contributed by atoms with Crippen molar-refractivity contribution >= 4 is 6.16 Å². The molecule has 2 aliphatic rings. The number of nitrogens with zero attached hydrogens (tertiary/aromatic N) is 1. The molecule has 1 aromatic carbocycles. The number of hydrogen-bond acceptors (Lipinski definition) is 6. The average molecular weight is 309 g/mol. The summed E-state index contributed by atoms with van der Waals surface area (Å²) in [7, 11) is 0. The maximum Gasteiger partial charge on any atom is 0.525 e. The van der Waals surface area contributed by atoms with Crippen LogP contribution in [0.25, 0.3) is 0 Å². The van der Waals surface area contributed by atoms with Gasteiger partial charge in [-0.2, -0.15) is 0 Å². The van der Waals surface area contributed by atoms with Crippen molar-refractivity contribution in [1.29, 1.82) is 0 Å². The Bertz CT molecular complexity index is 515. The average Bonchev–Trinajstić information content (AvgIpc) is 3.30. The van der Waals surface area contributed by atoms with Gasteiger partial charge in [-0.3, -0.25) is 0 Å². The molecule has 0 radical (unpaired) electrons. The number of rotatable bonds is 5. The Kier molecular flexibility index (Phi) is 4.47. The predicted octanol–water partition coefficient (Wildman–Crippen LogP) is 1.22. The van der Waals surface area contributed by atoms with Gasteiger partial charge in [-0.1, -0.05) is 12.1 Å². The Balaban J connectivity index is 1.55. The molecular formula is C15H19NO6. The van der Waals surface area contributed by atoms with E-state index in [4.69, 9.17) is 14.6 Å². The first kappa shape index (κ1) is 15.1. The maximum atomic E-state index is 10.5. The molecule has 3 rings (SSSR count). The lowest BCUT2D eigenvalue weighted by atomic mass is 9.88. The minimum Gasteiger partial charge on any atom is -0.491 e. The highest BCUT2D eigenvalue weighted by Crippen LogP contribution is 2.30. The van der Waals surface area contributed by atoms with Crippen molar-refractivity contribution in [2.24, 2.45) is 0 Å². The maximum absolute atomic E-state index is 10.5. The van der Waals surface area contributed by atoms with Crippen LogP contribution in [-0.4, -0.2) is 59.9 Å². The first-order valence-electron chi connectivity index (χ1n) is 7.30. The van der Waals surface area contributed by atoms with E-state index in [0.29, 0.717) is 19.6 Å². The van der Waals surface area contributed by atoms with Crippen LogP contribution in [-0.2, 0) is 9.57 Å². The van der Waals surface area contributed by atoms with Crippen molar-refractivity contribution in [2.75, 3.05) is 26.3 Å². The number of aliphatic hydroxyl groups excluding tert-OH is 1. The van der Waals surface area contributed by atoms with Crippen LogP contribution in [0.15, 0.2) is 24.3 Å².